The fourth-order valence-electron chi connectivity index (χ4n) is 2.80. The van der Waals surface area contributed by atoms with E-state index in [-0.39, 0.29) is 12.1 Å². The van der Waals surface area contributed by atoms with Crippen molar-refractivity contribution in [1.29, 1.82) is 0 Å². The Hall–Kier alpha value is -3.98. The summed E-state index contributed by atoms with van der Waals surface area (Å²) in [5, 5.41) is 6.29. The molecule has 8 nitrogen and oxygen atoms in total. The Kier molecular flexibility index (Phi) is 6.57. The summed E-state index contributed by atoms with van der Waals surface area (Å²) in [6, 6.07) is 18.5. The third kappa shape index (κ3) is 5.58. The molecule has 2 heterocycles. The van der Waals surface area contributed by atoms with E-state index in [4.69, 9.17) is 9.26 Å². The summed E-state index contributed by atoms with van der Waals surface area (Å²) >= 11 is 1.41. The van der Waals surface area contributed by atoms with Gasteiger partial charge in [-0.25, -0.2) is 4.98 Å². The first kappa shape index (κ1) is 21.3. The molecule has 0 fully saturated rings. The number of aromatic nitrogens is 2. The summed E-state index contributed by atoms with van der Waals surface area (Å²) in [5.74, 6) is 0.247. The Morgan fingerprint density at radius 1 is 1.06 bits per heavy atom. The highest BCUT2D eigenvalue weighted by Crippen LogP contribution is 2.19. The molecule has 2 N–H and O–H groups in total. The molecule has 0 unspecified atom stereocenters. The van der Waals surface area contributed by atoms with Gasteiger partial charge in [0.1, 0.15) is 17.4 Å². The third-order valence-electron chi connectivity index (χ3n) is 4.44. The molecular formula is C23H20N4O4S. The zero-order valence-corrected chi connectivity index (χ0v) is 18.0. The average Bonchev–Trinajstić information content (AvgIpc) is 3.48. The van der Waals surface area contributed by atoms with Gasteiger partial charge in [0.2, 0.25) is 5.91 Å². The molecule has 9 heteroatoms. The number of thiazole rings is 1. The van der Waals surface area contributed by atoms with Crippen molar-refractivity contribution in [2.24, 2.45) is 0 Å². The van der Waals surface area contributed by atoms with Crippen LogP contribution in [0.4, 0.5) is 0 Å². The number of nitrogens with zero attached hydrogens (tertiary/aromatic N) is 2. The van der Waals surface area contributed by atoms with E-state index in [1.165, 1.54) is 17.4 Å². The molecule has 2 aromatic carbocycles. The predicted octanol–water partition coefficient (Wildman–Crippen LogP) is 3.69. The van der Waals surface area contributed by atoms with Gasteiger partial charge in [0.25, 0.3) is 5.91 Å². The largest absolute Gasteiger partial charge is 0.486 e. The quantitative estimate of drug-likeness (QED) is 0.418. The highest BCUT2D eigenvalue weighted by atomic mass is 32.1. The summed E-state index contributed by atoms with van der Waals surface area (Å²) in [6.45, 7) is 2.33. The third-order valence-corrected chi connectivity index (χ3v) is 5.31. The zero-order chi connectivity index (χ0) is 22.3. The monoisotopic (exact) mass is 448 g/mol. The number of nitrogens with one attached hydrogen (secondary N) is 2. The van der Waals surface area contributed by atoms with Crippen LogP contribution in [0.3, 0.4) is 0 Å². The second-order valence-electron chi connectivity index (χ2n) is 6.96. The molecule has 162 valence electrons. The van der Waals surface area contributed by atoms with Crippen LogP contribution in [0.2, 0.25) is 0 Å². The minimum absolute atomic E-state index is 0.0232. The predicted molar refractivity (Wildman–Crippen MR) is 119 cm³/mol. The molecular weight excluding hydrogens is 428 g/mol. The van der Waals surface area contributed by atoms with Gasteiger partial charge in [-0.2, -0.15) is 0 Å². The van der Waals surface area contributed by atoms with Crippen molar-refractivity contribution in [3.05, 3.63) is 88.0 Å². The summed E-state index contributed by atoms with van der Waals surface area (Å²) in [5.41, 5.74) is 7.31. The lowest BCUT2D eigenvalue weighted by atomic mass is 10.1. The molecule has 32 heavy (non-hydrogen) atoms. The highest BCUT2D eigenvalue weighted by molar-refractivity contribution is 7.09. The van der Waals surface area contributed by atoms with Crippen LogP contribution in [0.25, 0.3) is 11.3 Å². The maximum absolute atomic E-state index is 12.2. The van der Waals surface area contributed by atoms with Gasteiger partial charge in [0, 0.05) is 17.0 Å². The van der Waals surface area contributed by atoms with E-state index in [1.807, 2.05) is 61.5 Å². The van der Waals surface area contributed by atoms with E-state index >= 15 is 0 Å². The SMILES string of the molecule is Cc1ccc(OCc2nc(CC(=O)NNC(=O)c3cc(-c4ccccc4)on3)cs2)cc1. The number of ether oxygens (including phenoxy) is 1. The molecule has 4 rings (SSSR count). The second kappa shape index (κ2) is 9.88. The van der Waals surface area contributed by atoms with Gasteiger partial charge in [-0.3, -0.25) is 20.4 Å². The highest BCUT2D eigenvalue weighted by Gasteiger charge is 2.15. The fraction of sp³-hybridized carbons (Fsp3) is 0.130. The zero-order valence-electron chi connectivity index (χ0n) is 17.2. The number of carbonyl (C=O) groups is 2. The summed E-state index contributed by atoms with van der Waals surface area (Å²) in [4.78, 5) is 28.8. The topological polar surface area (TPSA) is 106 Å². The summed E-state index contributed by atoms with van der Waals surface area (Å²) in [6.07, 6.45) is 0.0232. The molecule has 2 aromatic heterocycles. The fourth-order valence-corrected chi connectivity index (χ4v) is 3.50. The Labute approximate surface area is 188 Å². The molecule has 4 aromatic rings. The van der Waals surface area contributed by atoms with Gasteiger partial charge in [-0.05, 0) is 19.1 Å². The van der Waals surface area contributed by atoms with Gasteiger partial charge in [0.15, 0.2) is 11.5 Å². The van der Waals surface area contributed by atoms with Crippen molar-refractivity contribution >= 4 is 23.2 Å². The van der Waals surface area contributed by atoms with Gasteiger partial charge >= 0.3 is 0 Å². The Morgan fingerprint density at radius 2 is 1.84 bits per heavy atom. The standard InChI is InChI=1S/C23H20N4O4S/c1-15-7-9-18(10-8-15)30-13-22-24-17(14-32-22)11-21(28)25-26-23(29)19-12-20(31-27-19)16-5-3-2-4-6-16/h2-10,12,14H,11,13H2,1H3,(H,25,28)(H,26,29). The van der Waals surface area contributed by atoms with Crippen LogP contribution >= 0.6 is 11.3 Å². The number of amides is 2. The number of hydrogen-bond acceptors (Lipinski definition) is 7. The van der Waals surface area contributed by atoms with Gasteiger partial charge < -0.3 is 9.26 Å². The molecule has 2 amide bonds. The Morgan fingerprint density at radius 3 is 2.62 bits per heavy atom. The summed E-state index contributed by atoms with van der Waals surface area (Å²) < 4.78 is 10.9. The molecule has 0 aliphatic rings. The minimum atomic E-state index is -0.574. The first-order valence-corrected chi connectivity index (χ1v) is 10.7. The van der Waals surface area contributed by atoms with Crippen molar-refractivity contribution in [3.63, 3.8) is 0 Å². The van der Waals surface area contributed by atoms with Crippen LogP contribution in [-0.2, 0) is 17.8 Å². The molecule has 0 saturated carbocycles. The van der Waals surface area contributed by atoms with E-state index in [0.717, 1.165) is 21.9 Å². The van der Waals surface area contributed by atoms with Crippen LogP contribution in [0.15, 0.2) is 70.6 Å². The smallest absolute Gasteiger partial charge is 0.291 e. The van der Waals surface area contributed by atoms with Crippen molar-refractivity contribution < 1.29 is 18.8 Å². The van der Waals surface area contributed by atoms with Crippen LogP contribution in [0.1, 0.15) is 26.8 Å². The lowest BCUT2D eigenvalue weighted by Crippen LogP contribution is -2.42. The first-order valence-electron chi connectivity index (χ1n) is 9.81. The number of hydrogen-bond donors (Lipinski definition) is 2. The van der Waals surface area contributed by atoms with E-state index in [1.54, 1.807) is 5.38 Å². The normalized spacial score (nSPS) is 10.5. The van der Waals surface area contributed by atoms with Crippen LogP contribution in [0.5, 0.6) is 5.75 Å². The molecule has 0 spiro atoms. The van der Waals surface area contributed by atoms with Crippen LogP contribution < -0.4 is 15.6 Å². The maximum atomic E-state index is 12.2. The molecule has 0 aliphatic carbocycles. The van der Waals surface area contributed by atoms with E-state index in [2.05, 4.69) is 21.0 Å². The maximum Gasteiger partial charge on any atom is 0.291 e. The van der Waals surface area contributed by atoms with Gasteiger partial charge in [-0.1, -0.05) is 53.2 Å². The molecule has 0 saturated heterocycles. The van der Waals surface area contributed by atoms with E-state index in [9.17, 15) is 9.59 Å². The van der Waals surface area contributed by atoms with E-state index < -0.39 is 11.8 Å². The van der Waals surface area contributed by atoms with Gasteiger partial charge in [-0.15, -0.1) is 11.3 Å². The Bertz CT molecular complexity index is 1200. The van der Waals surface area contributed by atoms with Crippen molar-refractivity contribution in [2.45, 2.75) is 20.0 Å². The van der Waals surface area contributed by atoms with Crippen molar-refractivity contribution in [2.75, 3.05) is 0 Å². The molecule has 0 aliphatic heterocycles. The lowest BCUT2D eigenvalue weighted by molar-refractivity contribution is -0.121. The minimum Gasteiger partial charge on any atom is -0.486 e. The first-order chi connectivity index (χ1) is 15.6. The molecule has 0 bridgehead atoms. The second-order valence-corrected chi connectivity index (χ2v) is 7.90. The molecule has 0 atom stereocenters. The Balaban J connectivity index is 1.24. The van der Waals surface area contributed by atoms with Crippen molar-refractivity contribution in [1.82, 2.24) is 21.0 Å². The summed E-state index contributed by atoms with van der Waals surface area (Å²) in [7, 11) is 0. The number of benzene rings is 2. The van der Waals surface area contributed by atoms with Crippen LogP contribution in [-0.4, -0.2) is 22.0 Å². The number of rotatable bonds is 7. The van der Waals surface area contributed by atoms with E-state index in [0.29, 0.717) is 18.1 Å². The number of carbonyl (C=O) groups excluding carboxylic acids is 2. The molecule has 0 radical (unpaired) electrons. The lowest BCUT2D eigenvalue weighted by Gasteiger charge is -2.05. The van der Waals surface area contributed by atoms with Gasteiger partial charge in [0.05, 0.1) is 12.1 Å². The van der Waals surface area contributed by atoms with Crippen LogP contribution in [0, 0.1) is 6.92 Å². The average molecular weight is 449 g/mol. The van der Waals surface area contributed by atoms with Crippen molar-refractivity contribution in [3.8, 4) is 17.1 Å². The number of aryl methyl sites for hydroxylation is 1. The number of hydrazine groups is 1.